The van der Waals surface area contributed by atoms with Gasteiger partial charge in [-0.3, -0.25) is 4.79 Å². The lowest BCUT2D eigenvalue weighted by Gasteiger charge is -2.18. The van der Waals surface area contributed by atoms with Gasteiger partial charge in [-0.2, -0.15) is 16.5 Å². The molecule has 0 radical (unpaired) electrons. The van der Waals surface area contributed by atoms with Crippen LogP contribution in [0.1, 0.15) is 17.5 Å². The maximum absolute atomic E-state index is 12.9. The fourth-order valence-corrected chi connectivity index (χ4v) is 4.26. The van der Waals surface area contributed by atoms with Crippen molar-refractivity contribution in [3.8, 4) is 0 Å². The molecule has 152 valence electrons. The van der Waals surface area contributed by atoms with Crippen LogP contribution in [-0.4, -0.2) is 38.9 Å². The van der Waals surface area contributed by atoms with E-state index in [9.17, 15) is 17.6 Å². The highest BCUT2D eigenvalue weighted by Gasteiger charge is 2.25. The predicted molar refractivity (Wildman–Crippen MR) is 111 cm³/mol. The number of rotatable bonds is 10. The van der Waals surface area contributed by atoms with E-state index in [2.05, 4.69) is 10.0 Å². The predicted octanol–water partition coefficient (Wildman–Crippen LogP) is 2.89. The molecule has 0 saturated carbocycles. The zero-order valence-electron chi connectivity index (χ0n) is 15.9. The number of halogens is 1. The smallest absolute Gasteiger partial charge is 0.241 e. The number of sulfonamides is 1. The molecule has 1 atom stereocenters. The molecule has 2 rings (SSSR count). The Kier molecular flexibility index (Phi) is 8.47. The van der Waals surface area contributed by atoms with Gasteiger partial charge < -0.3 is 5.32 Å². The number of carbonyl (C=O) groups excluding carboxylic acids is 1. The summed E-state index contributed by atoms with van der Waals surface area (Å²) in [6.45, 7) is 2.21. The number of hydrogen-bond acceptors (Lipinski definition) is 4. The van der Waals surface area contributed by atoms with Gasteiger partial charge in [-0.15, -0.1) is 0 Å². The zero-order valence-corrected chi connectivity index (χ0v) is 17.6. The van der Waals surface area contributed by atoms with Crippen LogP contribution < -0.4 is 10.0 Å². The van der Waals surface area contributed by atoms with Gasteiger partial charge in [-0.25, -0.2) is 12.8 Å². The Bertz CT molecular complexity index is 869. The fourth-order valence-electron chi connectivity index (χ4n) is 2.56. The summed E-state index contributed by atoms with van der Waals surface area (Å²) in [5, 5.41) is 2.77. The van der Waals surface area contributed by atoms with Gasteiger partial charge in [0.2, 0.25) is 15.9 Å². The standard InChI is InChI=1S/C20H25FN2O3S2/c1-15-3-9-18(10-4-15)28(25,26)23-19(12-14-27-2)20(24)22-13-11-16-5-7-17(21)8-6-16/h3-10,19,23H,11-14H2,1-2H3,(H,22,24). The first-order valence-corrected chi connectivity index (χ1v) is 11.8. The molecule has 0 aliphatic heterocycles. The monoisotopic (exact) mass is 424 g/mol. The van der Waals surface area contributed by atoms with E-state index in [1.165, 1.54) is 24.3 Å². The Morgan fingerprint density at radius 1 is 1.11 bits per heavy atom. The van der Waals surface area contributed by atoms with Crippen molar-refractivity contribution < 1.29 is 17.6 Å². The summed E-state index contributed by atoms with van der Waals surface area (Å²) in [7, 11) is -3.80. The molecule has 1 unspecified atom stereocenters. The number of hydrogen-bond donors (Lipinski definition) is 2. The van der Waals surface area contributed by atoms with E-state index in [0.717, 1.165) is 11.1 Å². The molecule has 0 fully saturated rings. The first kappa shape index (κ1) is 22.4. The fraction of sp³-hybridized carbons (Fsp3) is 0.350. The van der Waals surface area contributed by atoms with Crippen LogP contribution in [0, 0.1) is 12.7 Å². The Balaban J connectivity index is 1.99. The van der Waals surface area contributed by atoms with Crippen molar-refractivity contribution >= 4 is 27.7 Å². The van der Waals surface area contributed by atoms with E-state index in [4.69, 9.17) is 0 Å². The van der Waals surface area contributed by atoms with Crippen molar-refractivity contribution in [3.05, 3.63) is 65.5 Å². The third-order valence-electron chi connectivity index (χ3n) is 4.18. The minimum absolute atomic E-state index is 0.131. The zero-order chi connectivity index (χ0) is 20.6. The molecule has 1 amide bonds. The van der Waals surface area contributed by atoms with Crippen LogP contribution in [-0.2, 0) is 21.2 Å². The second-order valence-electron chi connectivity index (χ2n) is 6.44. The van der Waals surface area contributed by atoms with Gasteiger partial charge >= 0.3 is 0 Å². The molecular formula is C20H25FN2O3S2. The largest absolute Gasteiger partial charge is 0.354 e. The van der Waals surface area contributed by atoms with Gasteiger partial charge in [0, 0.05) is 6.54 Å². The summed E-state index contributed by atoms with van der Waals surface area (Å²) in [5.41, 5.74) is 1.85. The van der Waals surface area contributed by atoms with Crippen LogP contribution in [0.15, 0.2) is 53.4 Å². The van der Waals surface area contributed by atoms with Crippen molar-refractivity contribution in [1.82, 2.24) is 10.0 Å². The maximum Gasteiger partial charge on any atom is 0.241 e. The molecule has 28 heavy (non-hydrogen) atoms. The van der Waals surface area contributed by atoms with Crippen molar-refractivity contribution in [3.63, 3.8) is 0 Å². The third kappa shape index (κ3) is 6.92. The van der Waals surface area contributed by atoms with Crippen LogP contribution in [0.5, 0.6) is 0 Å². The molecule has 2 aromatic rings. The van der Waals surface area contributed by atoms with Crippen molar-refractivity contribution in [1.29, 1.82) is 0 Å². The first-order valence-electron chi connectivity index (χ1n) is 8.92. The summed E-state index contributed by atoms with van der Waals surface area (Å²) >= 11 is 1.54. The third-order valence-corrected chi connectivity index (χ3v) is 6.31. The second kappa shape index (κ2) is 10.6. The van der Waals surface area contributed by atoms with Gasteiger partial charge in [-0.1, -0.05) is 29.8 Å². The lowest BCUT2D eigenvalue weighted by molar-refractivity contribution is -0.122. The number of nitrogens with one attached hydrogen (secondary N) is 2. The lowest BCUT2D eigenvalue weighted by atomic mass is 10.1. The summed E-state index contributed by atoms with van der Waals surface area (Å²) < 4.78 is 40.7. The van der Waals surface area contributed by atoms with Crippen molar-refractivity contribution in [2.75, 3.05) is 18.6 Å². The molecule has 2 N–H and O–H groups in total. The Morgan fingerprint density at radius 2 is 1.75 bits per heavy atom. The molecule has 2 aromatic carbocycles. The molecule has 0 heterocycles. The quantitative estimate of drug-likeness (QED) is 0.615. The summed E-state index contributed by atoms with van der Waals surface area (Å²) in [6, 6.07) is 11.7. The summed E-state index contributed by atoms with van der Waals surface area (Å²) in [6.07, 6.45) is 2.82. The van der Waals surface area contributed by atoms with Crippen LogP contribution in [0.4, 0.5) is 4.39 Å². The van der Waals surface area contributed by atoms with Gasteiger partial charge in [0.25, 0.3) is 0 Å². The van der Waals surface area contributed by atoms with Crippen LogP contribution in [0.2, 0.25) is 0 Å². The second-order valence-corrected chi connectivity index (χ2v) is 9.14. The Morgan fingerprint density at radius 3 is 2.36 bits per heavy atom. The van der Waals surface area contributed by atoms with Crippen LogP contribution in [0.3, 0.4) is 0 Å². The SMILES string of the molecule is CSCCC(NS(=O)(=O)c1ccc(C)cc1)C(=O)NCCc1ccc(F)cc1. The molecule has 0 spiro atoms. The summed E-state index contributed by atoms with van der Waals surface area (Å²) in [5.74, 6) is -0.0331. The molecule has 0 saturated heterocycles. The molecule has 8 heteroatoms. The highest BCUT2D eigenvalue weighted by molar-refractivity contribution is 7.98. The van der Waals surface area contributed by atoms with Crippen molar-refractivity contribution in [2.24, 2.45) is 0 Å². The highest BCUT2D eigenvalue weighted by atomic mass is 32.2. The van der Waals surface area contributed by atoms with Crippen LogP contribution in [0.25, 0.3) is 0 Å². The van der Waals surface area contributed by atoms with Gasteiger partial charge in [-0.05, 0) is 61.6 Å². The van der Waals surface area contributed by atoms with Gasteiger partial charge in [0.05, 0.1) is 4.90 Å². The number of thioether (sulfide) groups is 1. The minimum Gasteiger partial charge on any atom is -0.354 e. The number of benzene rings is 2. The summed E-state index contributed by atoms with van der Waals surface area (Å²) in [4.78, 5) is 12.7. The number of carbonyl (C=O) groups is 1. The average Bonchev–Trinajstić information content (AvgIpc) is 2.67. The minimum atomic E-state index is -3.80. The van der Waals surface area contributed by atoms with Gasteiger partial charge in [0.15, 0.2) is 0 Å². The van der Waals surface area contributed by atoms with E-state index in [0.29, 0.717) is 25.1 Å². The molecule has 0 aromatic heterocycles. The van der Waals surface area contributed by atoms with Crippen LogP contribution >= 0.6 is 11.8 Å². The van der Waals surface area contributed by atoms with E-state index in [1.54, 1.807) is 36.0 Å². The number of amides is 1. The molecular weight excluding hydrogens is 399 g/mol. The molecule has 0 bridgehead atoms. The molecule has 0 aliphatic carbocycles. The molecule has 0 aliphatic rings. The van der Waals surface area contributed by atoms with E-state index in [-0.39, 0.29) is 16.6 Å². The average molecular weight is 425 g/mol. The Hall–Kier alpha value is -1.90. The lowest BCUT2D eigenvalue weighted by Crippen LogP contribution is -2.47. The number of aryl methyl sites for hydroxylation is 1. The Labute approximate surface area is 170 Å². The first-order chi connectivity index (χ1) is 13.3. The van der Waals surface area contributed by atoms with Gasteiger partial charge in [0.1, 0.15) is 11.9 Å². The molecule has 5 nitrogen and oxygen atoms in total. The van der Waals surface area contributed by atoms with E-state index < -0.39 is 16.1 Å². The highest BCUT2D eigenvalue weighted by Crippen LogP contribution is 2.12. The van der Waals surface area contributed by atoms with E-state index >= 15 is 0 Å². The van der Waals surface area contributed by atoms with E-state index in [1.807, 2.05) is 13.2 Å². The normalized spacial score (nSPS) is 12.5. The topological polar surface area (TPSA) is 75.3 Å². The maximum atomic E-state index is 12.9. The van der Waals surface area contributed by atoms with Crippen molar-refractivity contribution in [2.45, 2.75) is 30.7 Å².